The van der Waals surface area contributed by atoms with Crippen LogP contribution in [0.4, 0.5) is 0 Å². The molecule has 6 nitrogen and oxygen atoms in total. The highest BCUT2D eigenvalue weighted by atomic mass is 16.6. The van der Waals surface area contributed by atoms with Crippen molar-refractivity contribution < 1.29 is 30.3 Å². The van der Waals surface area contributed by atoms with Crippen molar-refractivity contribution in [3.05, 3.63) is 50.6 Å². The summed E-state index contributed by atoms with van der Waals surface area (Å²) in [6.45, 7) is 14.5. The van der Waals surface area contributed by atoms with Crippen LogP contribution in [-0.4, -0.2) is 61.8 Å². The summed E-state index contributed by atoms with van der Waals surface area (Å²) >= 11 is 0. The van der Waals surface area contributed by atoms with Crippen LogP contribution in [0.2, 0.25) is 0 Å². The number of hydrogen-bond acceptors (Lipinski definition) is 6. The summed E-state index contributed by atoms with van der Waals surface area (Å²) in [7, 11) is 0. The van der Waals surface area contributed by atoms with Gasteiger partial charge in [-0.25, -0.2) is 0 Å². The second kappa shape index (κ2) is 13.0. The zero-order valence-electron chi connectivity index (χ0n) is 16.9. The number of aliphatic hydroxyl groups is 5. The maximum absolute atomic E-state index is 10.5. The van der Waals surface area contributed by atoms with Crippen molar-refractivity contribution in [2.45, 2.75) is 74.5 Å². The van der Waals surface area contributed by atoms with Crippen molar-refractivity contribution in [2.75, 3.05) is 13.2 Å². The van der Waals surface area contributed by atoms with Gasteiger partial charge >= 0.3 is 0 Å². The normalized spacial score (nSPS) is 18.9. The zero-order chi connectivity index (χ0) is 21.7. The average molecular weight is 399 g/mol. The molecule has 0 fully saturated rings. The molecule has 0 aliphatic heterocycles. The monoisotopic (exact) mass is 398 g/mol. The van der Waals surface area contributed by atoms with Gasteiger partial charge in [-0.1, -0.05) is 24.8 Å². The molecule has 0 rings (SSSR count). The van der Waals surface area contributed by atoms with Crippen LogP contribution in [0.3, 0.4) is 0 Å². The molecule has 0 amide bonds. The van der Waals surface area contributed by atoms with Crippen molar-refractivity contribution >= 4 is 0 Å². The molecule has 0 aromatic carbocycles. The van der Waals surface area contributed by atoms with E-state index in [1.165, 1.54) is 24.3 Å². The maximum Gasteiger partial charge on any atom is 0.185 e. The van der Waals surface area contributed by atoms with Gasteiger partial charge in [-0.3, -0.25) is 0 Å². The smallest absolute Gasteiger partial charge is 0.185 e. The number of aliphatic hydroxyl groups excluding tert-OH is 2. The molecule has 0 saturated carbocycles. The molecule has 5 N–H and O–H groups in total. The van der Waals surface area contributed by atoms with Gasteiger partial charge < -0.3 is 30.3 Å². The van der Waals surface area contributed by atoms with E-state index >= 15 is 0 Å². The quantitative estimate of drug-likeness (QED) is 0.138. The minimum atomic E-state index is -1.61. The van der Waals surface area contributed by atoms with E-state index in [1.54, 1.807) is 0 Å². The lowest BCUT2D eigenvalue weighted by molar-refractivity contribution is -0.178. The Balaban J connectivity index is 4.53. The van der Waals surface area contributed by atoms with Gasteiger partial charge in [0.1, 0.15) is 0 Å². The van der Waals surface area contributed by atoms with Gasteiger partial charge in [0.15, 0.2) is 5.79 Å². The van der Waals surface area contributed by atoms with Gasteiger partial charge in [-0.05, 0) is 51.0 Å². The molecule has 0 heterocycles. The van der Waals surface area contributed by atoms with Crippen molar-refractivity contribution in [1.82, 2.24) is 0 Å². The topological polar surface area (TPSA) is 110 Å². The van der Waals surface area contributed by atoms with Crippen molar-refractivity contribution in [2.24, 2.45) is 0 Å². The second-order valence-corrected chi connectivity index (χ2v) is 7.29. The van der Waals surface area contributed by atoms with E-state index in [1.807, 2.05) is 0 Å². The van der Waals surface area contributed by atoms with Gasteiger partial charge in [0, 0.05) is 13.0 Å². The number of rotatable bonds is 18. The summed E-state index contributed by atoms with van der Waals surface area (Å²) in [5.41, 5.74) is -2.33. The Bertz CT molecular complexity index is 493. The number of hydrogen-bond donors (Lipinski definition) is 5. The first-order valence-corrected chi connectivity index (χ1v) is 9.75. The minimum absolute atomic E-state index is 0.0333. The standard InChI is InChI=1S/C22H38O6/c1-5-19(24)11-14-20(25,6-2)13-10-18-28-22(27,8-4)16-15-21(26,7-3)12-9-17-23/h5-8,19,23-27H,1-4,9-18H2. The van der Waals surface area contributed by atoms with Crippen molar-refractivity contribution in [3.63, 3.8) is 0 Å². The van der Waals surface area contributed by atoms with Crippen LogP contribution in [0.15, 0.2) is 50.6 Å². The van der Waals surface area contributed by atoms with Crippen molar-refractivity contribution in [1.29, 1.82) is 0 Å². The first kappa shape index (κ1) is 26.7. The molecule has 0 aliphatic carbocycles. The lowest BCUT2D eigenvalue weighted by Crippen LogP contribution is -2.35. The number of ether oxygens (including phenoxy) is 1. The highest BCUT2D eigenvalue weighted by molar-refractivity contribution is 4.99. The van der Waals surface area contributed by atoms with E-state index in [0.717, 1.165) is 0 Å². The second-order valence-electron chi connectivity index (χ2n) is 7.29. The van der Waals surface area contributed by atoms with Crippen molar-refractivity contribution in [3.8, 4) is 0 Å². The van der Waals surface area contributed by atoms with Gasteiger partial charge in [0.2, 0.25) is 0 Å². The van der Waals surface area contributed by atoms with Crippen LogP contribution >= 0.6 is 0 Å². The fourth-order valence-corrected chi connectivity index (χ4v) is 2.82. The van der Waals surface area contributed by atoms with Gasteiger partial charge in [0.05, 0.1) is 23.9 Å². The first-order valence-electron chi connectivity index (χ1n) is 9.75. The molecule has 0 spiro atoms. The Morgan fingerprint density at radius 1 is 0.786 bits per heavy atom. The molecule has 0 aliphatic rings. The molecular formula is C22H38O6. The van der Waals surface area contributed by atoms with Gasteiger partial charge in [-0.2, -0.15) is 0 Å². The summed E-state index contributed by atoms with van der Waals surface area (Å²) in [6.07, 6.45) is 7.50. The minimum Gasteiger partial charge on any atom is -0.396 e. The largest absolute Gasteiger partial charge is 0.396 e. The third-order valence-corrected chi connectivity index (χ3v) is 5.01. The van der Waals surface area contributed by atoms with Crippen LogP contribution in [0.5, 0.6) is 0 Å². The predicted molar refractivity (Wildman–Crippen MR) is 112 cm³/mol. The maximum atomic E-state index is 10.5. The Morgan fingerprint density at radius 3 is 1.86 bits per heavy atom. The lowest BCUT2D eigenvalue weighted by Gasteiger charge is -2.31. The van der Waals surface area contributed by atoms with E-state index in [0.29, 0.717) is 38.5 Å². The van der Waals surface area contributed by atoms with Crippen LogP contribution in [0, 0.1) is 0 Å². The summed E-state index contributed by atoms with van der Waals surface area (Å²) in [6, 6.07) is 0. The summed E-state index contributed by atoms with van der Waals surface area (Å²) < 4.78 is 5.54. The third-order valence-electron chi connectivity index (χ3n) is 5.01. The highest BCUT2D eigenvalue weighted by Crippen LogP contribution is 2.27. The molecule has 0 saturated heterocycles. The van der Waals surface area contributed by atoms with Crippen LogP contribution in [0.1, 0.15) is 51.4 Å². The van der Waals surface area contributed by atoms with E-state index < -0.39 is 23.1 Å². The van der Waals surface area contributed by atoms with E-state index in [9.17, 15) is 20.4 Å². The van der Waals surface area contributed by atoms with E-state index in [4.69, 9.17) is 9.84 Å². The fourth-order valence-electron chi connectivity index (χ4n) is 2.82. The Labute approximate surface area is 169 Å². The molecule has 0 bridgehead atoms. The molecule has 162 valence electrons. The lowest BCUT2D eigenvalue weighted by atomic mass is 9.90. The summed E-state index contributed by atoms with van der Waals surface area (Å²) in [4.78, 5) is 0. The molecule has 0 aromatic rings. The highest BCUT2D eigenvalue weighted by Gasteiger charge is 2.31. The zero-order valence-corrected chi connectivity index (χ0v) is 16.9. The Hall–Kier alpha value is -1.28. The molecule has 0 aromatic heterocycles. The molecule has 0 radical (unpaired) electrons. The Kier molecular flexibility index (Phi) is 12.4. The average Bonchev–Trinajstić information content (AvgIpc) is 2.72. The molecule has 6 heteroatoms. The fraction of sp³-hybridized carbons (Fsp3) is 0.636. The predicted octanol–water partition coefficient (Wildman–Crippen LogP) is 2.37. The van der Waals surface area contributed by atoms with Gasteiger partial charge in [0.25, 0.3) is 0 Å². The molecule has 28 heavy (non-hydrogen) atoms. The summed E-state index contributed by atoms with van der Waals surface area (Å²) in [5, 5.41) is 50.0. The van der Waals surface area contributed by atoms with E-state index in [-0.39, 0.29) is 26.1 Å². The Morgan fingerprint density at radius 2 is 1.36 bits per heavy atom. The summed E-state index contributed by atoms with van der Waals surface area (Å²) in [5.74, 6) is -1.61. The van der Waals surface area contributed by atoms with Crippen LogP contribution in [-0.2, 0) is 4.74 Å². The SMILES string of the molecule is C=CC(O)CCC(O)(C=C)CCCOC(O)(C=C)CCC(O)(C=C)CCCO. The molecule has 4 atom stereocenters. The van der Waals surface area contributed by atoms with Gasteiger partial charge in [-0.15, -0.1) is 19.7 Å². The van der Waals surface area contributed by atoms with Crippen LogP contribution < -0.4 is 0 Å². The van der Waals surface area contributed by atoms with Crippen LogP contribution in [0.25, 0.3) is 0 Å². The molecular weight excluding hydrogens is 360 g/mol. The third kappa shape index (κ3) is 10.3. The van der Waals surface area contributed by atoms with E-state index in [2.05, 4.69) is 26.3 Å². The molecule has 4 unspecified atom stereocenters. The first-order chi connectivity index (χ1) is 13.1.